The largest absolute Gasteiger partial charge is 0.490 e. The molecular formula is C34H31F2NO6. The summed E-state index contributed by atoms with van der Waals surface area (Å²) in [7, 11) is 0. The molecular weight excluding hydrogens is 556 g/mol. The number of aliphatic carboxylic acids is 2. The number of carboxylic acids is 2. The molecule has 5 rings (SSSR count). The van der Waals surface area contributed by atoms with Crippen LogP contribution in [0.1, 0.15) is 36.0 Å². The summed E-state index contributed by atoms with van der Waals surface area (Å²) in [6.45, 7) is 0.144. The second-order valence-electron chi connectivity index (χ2n) is 10.7. The predicted octanol–water partition coefficient (Wildman–Crippen LogP) is 6.99. The monoisotopic (exact) mass is 587 g/mol. The molecule has 0 atom stereocenters. The van der Waals surface area contributed by atoms with Gasteiger partial charge in [0.05, 0.1) is 11.9 Å². The van der Waals surface area contributed by atoms with Crippen LogP contribution in [0.2, 0.25) is 0 Å². The number of benzene rings is 3. The zero-order valence-electron chi connectivity index (χ0n) is 23.3. The molecule has 9 heteroatoms. The van der Waals surface area contributed by atoms with Gasteiger partial charge >= 0.3 is 11.9 Å². The molecule has 0 aliphatic heterocycles. The van der Waals surface area contributed by atoms with Crippen molar-refractivity contribution in [2.75, 3.05) is 13.2 Å². The van der Waals surface area contributed by atoms with E-state index in [0.29, 0.717) is 12.2 Å². The van der Waals surface area contributed by atoms with E-state index in [2.05, 4.69) is 0 Å². The van der Waals surface area contributed by atoms with Crippen LogP contribution in [0.15, 0.2) is 79.0 Å². The number of nitrogens with zero attached hydrogens (tertiary/aromatic N) is 1. The molecule has 3 aromatic carbocycles. The quantitative estimate of drug-likeness (QED) is 0.122. The normalized spacial score (nSPS) is 14.0. The highest BCUT2D eigenvalue weighted by molar-refractivity contribution is 5.94. The lowest BCUT2D eigenvalue weighted by molar-refractivity contribution is -0.139. The van der Waals surface area contributed by atoms with E-state index < -0.39 is 23.6 Å². The zero-order chi connectivity index (χ0) is 30.4. The highest BCUT2D eigenvalue weighted by atomic mass is 19.2. The number of halogens is 2. The summed E-state index contributed by atoms with van der Waals surface area (Å²) in [5.74, 6) is -3.24. The van der Waals surface area contributed by atoms with Crippen LogP contribution in [-0.2, 0) is 22.6 Å². The number of rotatable bonds is 14. The zero-order valence-corrected chi connectivity index (χ0v) is 23.3. The van der Waals surface area contributed by atoms with Crippen LogP contribution >= 0.6 is 0 Å². The molecule has 0 spiro atoms. The average Bonchev–Trinajstić information content (AvgIpc) is 3.64. The van der Waals surface area contributed by atoms with E-state index in [0.717, 1.165) is 46.5 Å². The van der Waals surface area contributed by atoms with Crippen molar-refractivity contribution in [3.63, 3.8) is 0 Å². The van der Waals surface area contributed by atoms with Crippen molar-refractivity contribution in [1.82, 2.24) is 4.57 Å². The molecule has 0 saturated heterocycles. The van der Waals surface area contributed by atoms with Gasteiger partial charge in [0, 0.05) is 11.6 Å². The SMILES string of the molecule is O=C(O)Cn1cc(CC2(CC(=O)O)CC2)c2cccc(C=Cc3ccc(OCC=CCOc4cccc(F)c4F)cc3)c21. The van der Waals surface area contributed by atoms with Crippen molar-refractivity contribution in [3.8, 4) is 11.5 Å². The number of ether oxygens (including phenoxy) is 2. The van der Waals surface area contributed by atoms with Crippen molar-refractivity contribution in [1.29, 1.82) is 0 Å². The van der Waals surface area contributed by atoms with Crippen molar-refractivity contribution in [3.05, 3.63) is 107 Å². The van der Waals surface area contributed by atoms with Crippen LogP contribution in [0.4, 0.5) is 8.78 Å². The first-order valence-corrected chi connectivity index (χ1v) is 13.9. The molecule has 0 amide bonds. The molecule has 0 radical (unpaired) electrons. The van der Waals surface area contributed by atoms with Crippen LogP contribution in [0.3, 0.4) is 0 Å². The number of aromatic nitrogens is 1. The van der Waals surface area contributed by atoms with E-state index in [1.165, 1.54) is 12.1 Å². The predicted molar refractivity (Wildman–Crippen MR) is 159 cm³/mol. The van der Waals surface area contributed by atoms with Crippen LogP contribution in [0, 0.1) is 17.0 Å². The van der Waals surface area contributed by atoms with Gasteiger partial charge in [-0.05, 0) is 77.8 Å². The van der Waals surface area contributed by atoms with Gasteiger partial charge in [0.2, 0.25) is 5.82 Å². The van der Waals surface area contributed by atoms with E-state index in [9.17, 15) is 28.6 Å². The number of fused-ring (bicyclic) bond motifs is 1. The summed E-state index contributed by atoms with van der Waals surface area (Å²) < 4.78 is 39.5. The maximum Gasteiger partial charge on any atom is 0.323 e. The van der Waals surface area contributed by atoms with Crippen molar-refractivity contribution in [2.45, 2.75) is 32.2 Å². The molecule has 1 saturated carbocycles. The van der Waals surface area contributed by atoms with Crippen LogP contribution in [-0.4, -0.2) is 39.9 Å². The lowest BCUT2D eigenvalue weighted by Gasteiger charge is -2.11. The first-order valence-electron chi connectivity index (χ1n) is 13.9. The average molecular weight is 588 g/mol. The summed E-state index contributed by atoms with van der Waals surface area (Å²) in [6.07, 6.45) is 11.5. The number of hydrogen-bond acceptors (Lipinski definition) is 4. The molecule has 0 unspecified atom stereocenters. The van der Waals surface area contributed by atoms with E-state index in [4.69, 9.17) is 9.47 Å². The third kappa shape index (κ3) is 7.48. The first-order chi connectivity index (χ1) is 20.7. The van der Waals surface area contributed by atoms with Gasteiger partial charge in [-0.2, -0.15) is 4.39 Å². The lowest BCUT2D eigenvalue weighted by Crippen LogP contribution is -2.11. The Morgan fingerprint density at radius 1 is 0.884 bits per heavy atom. The third-order valence-electron chi connectivity index (χ3n) is 7.47. The molecule has 1 aliphatic carbocycles. The van der Waals surface area contributed by atoms with E-state index in [-0.39, 0.29) is 37.3 Å². The fourth-order valence-electron chi connectivity index (χ4n) is 5.20. The Labute approximate surface area is 247 Å². The highest BCUT2D eigenvalue weighted by Gasteiger charge is 2.44. The van der Waals surface area contributed by atoms with Crippen LogP contribution in [0.25, 0.3) is 23.1 Å². The highest BCUT2D eigenvalue weighted by Crippen LogP contribution is 2.52. The van der Waals surface area contributed by atoms with Crippen molar-refractivity contribution >= 4 is 35.0 Å². The molecule has 2 N–H and O–H groups in total. The van der Waals surface area contributed by atoms with Crippen LogP contribution in [0.5, 0.6) is 11.5 Å². The minimum absolute atomic E-state index is 0.0702. The molecule has 43 heavy (non-hydrogen) atoms. The van der Waals surface area contributed by atoms with Gasteiger partial charge in [0.1, 0.15) is 25.5 Å². The van der Waals surface area contributed by atoms with Crippen molar-refractivity contribution in [2.24, 2.45) is 5.41 Å². The topological polar surface area (TPSA) is 98.0 Å². The summed E-state index contributed by atoms with van der Waals surface area (Å²) >= 11 is 0. The minimum Gasteiger partial charge on any atom is -0.490 e. The first kappa shape index (κ1) is 29.6. The Kier molecular flexibility index (Phi) is 8.90. The molecule has 222 valence electrons. The molecule has 1 aromatic heterocycles. The van der Waals surface area contributed by atoms with Crippen molar-refractivity contribution < 1.29 is 38.1 Å². The Morgan fingerprint density at radius 3 is 2.30 bits per heavy atom. The number of carboxylic acid groups (broad SMARTS) is 2. The second-order valence-corrected chi connectivity index (χ2v) is 10.7. The molecule has 1 fully saturated rings. The Morgan fingerprint density at radius 2 is 1.60 bits per heavy atom. The molecule has 1 heterocycles. The fourth-order valence-corrected chi connectivity index (χ4v) is 5.20. The van der Waals surface area contributed by atoms with Gasteiger partial charge in [-0.25, -0.2) is 4.39 Å². The maximum absolute atomic E-state index is 13.6. The van der Waals surface area contributed by atoms with Gasteiger partial charge in [-0.15, -0.1) is 0 Å². The van der Waals surface area contributed by atoms with E-state index >= 15 is 0 Å². The number of carbonyl (C=O) groups is 2. The van der Waals surface area contributed by atoms with Gasteiger partial charge in [-0.3, -0.25) is 9.59 Å². The summed E-state index contributed by atoms with van der Waals surface area (Å²) in [6, 6.07) is 17.0. The summed E-state index contributed by atoms with van der Waals surface area (Å²) in [5, 5.41) is 19.8. The number of hydrogen-bond donors (Lipinski definition) is 2. The molecule has 0 bridgehead atoms. The van der Waals surface area contributed by atoms with Gasteiger partial charge in [0.15, 0.2) is 11.6 Å². The van der Waals surface area contributed by atoms with Gasteiger partial charge in [-0.1, -0.05) is 48.6 Å². The Hall–Kier alpha value is -4.92. The Balaban J connectivity index is 1.23. The second kappa shape index (κ2) is 12.9. The lowest BCUT2D eigenvalue weighted by atomic mass is 9.92. The minimum atomic E-state index is -1.02. The standard InChI is InChI=1S/C34H31F2NO6/c35-28-7-4-8-29(32(28)36)43-18-2-1-17-42-26-13-10-23(11-14-26)9-12-24-5-3-6-27-25(19-34(15-16-34)20-30(38)39)21-37(33(24)27)22-31(40)41/h1-14,21H,15-20,22H2,(H,38,39)(H,40,41). The molecule has 7 nitrogen and oxygen atoms in total. The van der Waals surface area contributed by atoms with Gasteiger partial charge in [0.25, 0.3) is 0 Å². The van der Waals surface area contributed by atoms with E-state index in [1.807, 2.05) is 60.8 Å². The fraction of sp³-hybridized carbons (Fsp3) is 0.235. The van der Waals surface area contributed by atoms with E-state index in [1.54, 1.807) is 16.7 Å². The third-order valence-corrected chi connectivity index (χ3v) is 7.47. The molecule has 1 aliphatic rings. The summed E-state index contributed by atoms with van der Waals surface area (Å²) in [5.41, 5.74) is 3.29. The Bertz CT molecular complexity index is 1690. The smallest absolute Gasteiger partial charge is 0.323 e. The van der Waals surface area contributed by atoms with Crippen LogP contribution < -0.4 is 9.47 Å². The summed E-state index contributed by atoms with van der Waals surface area (Å²) in [4.78, 5) is 23.0. The maximum atomic E-state index is 13.6. The number of para-hydroxylation sites is 1. The van der Waals surface area contributed by atoms with Gasteiger partial charge < -0.3 is 24.3 Å². The molecule has 4 aromatic rings.